The summed E-state index contributed by atoms with van der Waals surface area (Å²) in [6, 6.07) is 10.4. The lowest BCUT2D eigenvalue weighted by molar-refractivity contribution is 0.694. The molecule has 1 aromatic carbocycles. The number of thiophene rings is 1. The van der Waals surface area contributed by atoms with Crippen molar-refractivity contribution in [3.8, 4) is 0 Å². The number of hydrogen-bond donors (Lipinski definition) is 1. The molecule has 0 saturated carbocycles. The molecule has 0 fully saturated rings. The molecule has 1 atom stereocenters. The summed E-state index contributed by atoms with van der Waals surface area (Å²) in [5, 5.41) is 8.34. The predicted molar refractivity (Wildman–Crippen MR) is 66.7 cm³/mol. The molecule has 2 rings (SSSR count). The van der Waals surface area contributed by atoms with Crippen molar-refractivity contribution in [2.45, 2.75) is 6.04 Å². The highest BCUT2D eigenvalue weighted by Gasteiger charge is 2.11. The summed E-state index contributed by atoms with van der Waals surface area (Å²) in [4.78, 5) is 0. The van der Waals surface area contributed by atoms with Gasteiger partial charge in [-0.1, -0.05) is 23.7 Å². The van der Waals surface area contributed by atoms with E-state index in [2.05, 4.69) is 34.3 Å². The highest BCUT2D eigenvalue weighted by Crippen LogP contribution is 2.24. The van der Waals surface area contributed by atoms with Gasteiger partial charge in [0.05, 0.1) is 6.04 Å². The minimum atomic E-state index is 0.258. The molecule has 1 N–H and O–H groups in total. The van der Waals surface area contributed by atoms with Crippen LogP contribution < -0.4 is 5.32 Å². The van der Waals surface area contributed by atoms with Crippen LogP contribution in [0.15, 0.2) is 41.1 Å². The van der Waals surface area contributed by atoms with Gasteiger partial charge in [-0.15, -0.1) is 0 Å². The molecule has 0 bridgehead atoms. The molecule has 0 aliphatic carbocycles. The van der Waals surface area contributed by atoms with Gasteiger partial charge in [-0.25, -0.2) is 0 Å². The van der Waals surface area contributed by atoms with Gasteiger partial charge >= 0.3 is 0 Å². The summed E-state index contributed by atoms with van der Waals surface area (Å²) in [7, 11) is 1.97. The number of hydrogen-bond acceptors (Lipinski definition) is 2. The molecule has 2 aromatic rings. The molecule has 15 heavy (non-hydrogen) atoms. The van der Waals surface area contributed by atoms with Gasteiger partial charge in [0.15, 0.2) is 0 Å². The lowest BCUT2D eigenvalue weighted by Gasteiger charge is -2.15. The van der Waals surface area contributed by atoms with E-state index in [1.165, 1.54) is 11.1 Å². The Bertz CT molecular complexity index is 408. The van der Waals surface area contributed by atoms with Crippen LogP contribution in [-0.2, 0) is 0 Å². The maximum Gasteiger partial charge on any atom is 0.0582 e. The van der Waals surface area contributed by atoms with Crippen molar-refractivity contribution in [1.29, 1.82) is 0 Å². The number of nitrogens with one attached hydrogen (secondary N) is 1. The second kappa shape index (κ2) is 4.79. The Hall–Kier alpha value is -0.830. The Morgan fingerprint density at radius 3 is 2.40 bits per heavy atom. The summed E-state index contributed by atoms with van der Waals surface area (Å²) in [5.41, 5.74) is 2.53. The molecular weight excluding hydrogens is 226 g/mol. The fourth-order valence-corrected chi connectivity index (χ4v) is 2.43. The summed E-state index contributed by atoms with van der Waals surface area (Å²) in [5.74, 6) is 0. The minimum Gasteiger partial charge on any atom is -0.309 e. The third kappa shape index (κ3) is 2.40. The second-order valence-electron chi connectivity index (χ2n) is 3.33. The van der Waals surface area contributed by atoms with Crippen LogP contribution in [0.4, 0.5) is 0 Å². The van der Waals surface area contributed by atoms with Crippen LogP contribution in [0.5, 0.6) is 0 Å². The van der Waals surface area contributed by atoms with Gasteiger partial charge in [0.1, 0.15) is 0 Å². The SMILES string of the molecule is CNC(c1ccc(Cl)cc1)c1ccsc1. The molecule has 78 valence electrons. The number of benzene rings is 1. The van der Waals surface area contributed by atoms with Gasteiger partial charge in [0.2, 0.25) is 0 Å². The van der Waals surface area contributed by atoms with Gasteiger partial charge in [-0.05, 0) is 47.1 Å². The van der Waals surface area contributed by atoms with Crippen LogP contribution in [0.3, 0.4) is 0 Å². The van der Waals surface area contributed by atoms with E-state index in [9.17, 15) is 0 Å². The van der Waals surface area contributed by atoms with E-state index in [1.54, 1.807) is 11.3 Å². The van der Waals surface area contributed by atoms with Crippen LogP contribution in [0.1, 0.15) is 17.2 Å². The van der Waals surface area contributed by atoms with Crippen molar-refractivity contribution in [1.82, 2.24) is 5.32 Å². The van der Waals surface area contributed by atoms with Crippen molar-refractivity contribution in [2.75, 3.05) is 7.05 Å². The zero-order valence-electron chi connectivity index (χ0n) is 8.41. The molecule has 3 heteroatoms. The lowest BCUT2D eigenvalue weighted by Crippen LogP contribution is -2.16. The maximum atomic E-state index is 5.87. The van der Waals surface area contributed by atoms with Crippen LogP contribution in [-0.4, -0.2) is 7.05 Å². The summed E-state index contributed by atoms with van der Waals surface area (Å²) >= 11 is 7.58. The Balaban J connectivity index is 2.31. The Morgan fingerprint density at radius 1 is 1.13 bits per heavy atom. The molecule has 1 heterocycles. The first-order valence-electron chi connectivity index (χ1n) is 4.76. The van der Waals surface area contributed by atoms with Crippen LogP contribution in [0.25, 0.3) is 0 Å². The Labute approximate surface area is 98.7 Å². The normalized spacial score (nSPS) is 12.7. The van der Waals surface area contributed by atoms with E-state index in [4.69, 9.17) is 11.6 Å². The van der Waals surface area contributed by atoms with Crippen molar-refractivity contribution in [3.05, 3.63) is 57.2 Å². The third-order valence-corrected chi connectivity index (χ3v) is 3.32. The van der Waals surface area contributed by atoms with E-state index in [0.717, 1.165) is 5.02 Å². The smallest absolute Gasteiger partial charge is 0.0582 e. The molecule has 0 saturated heterocycles. The molecular formula is C12H12ClNS. The monoisotopic (exact) mass is 237 g/mol. The van der Waals surface area contributed by atoms with Crippen molar-refractivity contribution < 1.29 is 0 Å². The highest BCUT2D eigenvalue weighted by molar-refractivity contribution is 7.08. The van der Waals surface area contributed by atoms with E-state index in [-0.39, 0.29) is 6.04 Å². The van der Waals surface area contributed by atoms with Crippen LogP contribution in [0.2, 0.25) is 5.02 Å². The molecule has 0 amide bonds. The zero-order chi connectivity index (χ0) is 10.7. The zero-order valence-corrected chi connectivity index (χ0v) is 9.98. The first-order valence-corrected chi connectivity index (χ1v) is 6.08. The average molecular weight is 238 g/mol. The molecule has 0 aliphatic rings. The quantitative estimate of drug-likeness (QED) is 0.858. The molecule has 1 nitrogen and oxygen atoms in total. The number of rotatable bonds is 3. The van der Waals surface area contributed by atoms with E-state index in [0.29, 0.717) is 0 Å². The number of halogens is 1. The fourth-order valence-electron chi connectivity index (χ4n) is 1.62. The highest BCUT2D eigenvalue weighted by atomic mass is 35.5. The summed E-state index contributed by atoms with van der Waals surface area (Å²) < 4.78 is 0. The van der Waals surface area contributed by atoms with Gasteiger partial charge in [0, 0.05) is 5.02 Å². The van der Waals surface area contributed by atoms with Gasteiger partial charge < -0.3 is 5.32 Å². The van der Waals surface area contributed by atoms with Crippen molar-refractivity contribution in [2.24, 2.45) is 0 Å². The molecule has 0 radical (unpaired) electrons. The first kappa shape index (κ1) is 10.7. The summed E-state index contributed by atoms with van der Waals surface area (Å²) in [6.07, 6.45) is 0. The maximum absolute atomic E-state index is 5.87. The van der Waals surface area contributed by atoms with E-state index >= 15 is 0 Å². The minimum absolute atomic E-state index is 0.258. The average Bonchev–Trinajstić information content (AvgIpc) is 2.75. The second-order valence-corrected chi connectivity index (χ2v) is 4.55. The topological polar surface area (TPSA) is 12.0 Å². The summed E-state index contributed by atoms with van der Waals surface area (Å²) in [6.45, 7) is 0. The first-order chi connectivity index (χ1) is 7.31. The Kier molecular flexibility index (Phi) is 3.41. The van der Waals surface area contributed by atoms with Crippen LogP contribution in [0, 0.1) is 0 Å². The molecule has 0 aliphatic heterocycles. The standard InChI is InChI=1S/C12H12ClNS/c1-14-12(10-6-7-15-8-10)9-2-4-11(13)5-3-9/h2-8,12,14H,1H3. The van der Waals surface area contributed by atoms with Gasteiger partial charge in [-0.2, -0.15) is 11.3 Å². The van der Waals surface area contributed by atoms with Crippen molar-refractivity contribution >= 4 is 22.9 Å². The van der Waals surface area contributed by atoms with Gasteiger partial charge in [0.25, 0.3) is 0 Å². The van der Waals surface area contributed by atoms with Crippen LogP contribution >= 0.6 is 22.9 Å². The molecule has 1 unspecified atom stereocenters. The third-order valence-electron chi connectivity index (χ3n) is 2.37. The van der Waals surface area contributed by atoms with E-state index in [1.807, 2.05) is 19.2 Å². The fraction of sp³-hybridized carbons (Fsp3) is 0.167. The largest absolute Gasteiger partial charge is 0.309 e. The van der Waals surface area contributed by atoms with E-state index < -0.39 is 0 Å². The lowest BCUT2D eigenvalue weighted by atomic mass is 10.0. The Morgan fingerprint density at radius 2 is 1.87 bits per heavy atom. The molecule has 0 spiro atoms. The predicted octanol–water partition coefficient (Wildman–Crippen LogP) is 3.71. The van der Waals surface area contributed by atoms with Gasteiger partial charge in [-0.3, -0.25) is 0 Å². The molecule has 1 aromatic heterocycles. The van der Waals surface area contributed by atoms with Crippen molar-refractivity contribution in [3.63, 3.8) is 0 Å².